The molecule has 6 nitrogen and oxygen atoms in total. The van der Waals surface area contributed by atoms with Crippen LogP contribution in [0.25, 0.3) is 11.2 Å². The van der Waals surface area contributed by atoms with Crippen LogP contribution < -0.4 is 10.2 Å². The number of anilines is 2. The Bertz CT molecular complexity index is 593. The Morgan fingerprint density at radius 3 is 3.10 bits per heavy atom. The molecule has 21 heavy (non-hydrogen) atoms. The topological polar surface area (TPSA) is 69.7 Å². The van der Waals surface area contributed by atoms with Gasteiger partial charge in [0.15, 0.2) is 11.5 Å². The summed E-state index contributed by atoms with van der Waals surface area (Å²) in [6.07, 6.45) is 7.81. The summed E-state index contributed by atoms with van der Waals surface area (Å²) in [5, 5.41) is 3.28. The summed E-state index contributed by atoms with van der Waals surface area (Å²) in [4.78, 5) is 19.2. The van der Waals surface area contributed by atoms with Gasteiger partial charge in [0, 0.05) is 19.1 Å². The quantitative estimate of drug-likeness (QED) is 0.905. The van der Waals surface area contributed by atoms with Crippen molar-refractivity contribution in [3.8, 4) is 0 Å². The summed E-state index contributed by atoms with van der Waals surface area (Å²) < 4.78 is 0. The largest absolute Gasteiger partial charge is 0.354 e. The van der Waals surface area contributed by atoms with Crippen molar-refractivity contribution in [3.05, 3.63) is 6.33 Å². The number of rotatable bonds is 4. The minimum Gasteiger partial charge on any atom is -0.354 e. The molecule has 1 aliphatic heterocycles. The molecule has 3 rings (SSSR count). The molecule has 0 bridgehead atoms. The predicted octanol–water partition coefficient (Wildman–Crippen LogP) is 2.94. The molecule has 0 aliphatic carbocycles. The third kappa shape index (κ3) is 2.94. The van der Waals surface area contributed by atoms with E-state index in [0.29, 0.717) is 12.0 Å². The fraction of sp³-hybridized carbons (Fsp3) is 0.667. The van der Waals surface area contributed by atoms with Crippen molar-refractivity contribution >= 4 is 22.9 Å². The van der Waals surface area contributed by atoms with Gasteiger partial charge in [-0.2, -0.15) is 9.97 Å². The van der Waals surface area contributed by atoms with Crippen molar-refractivity contribution in [2.45, 2.75) is 52.0 Å². The lowest BCUT2D eigenvalue weighted by Gasteiger charge is -2.28. The molecule has 0 spiro atoms. The number of imidazole rings is 1. The molecular weight excluding hydrogens is 264 g/mol. The number of fused-ring (bicyclic) bond motifs is 1. The minimum absolute atomic E-state index is 0.507. The van der Waals surface area contributed by atoms with E-state index in [9.17, 15) is 0 Å². The molecule has 0 saturated carbocycles. The van der Waals surface area contributed by atoms with Crippen molar-refractivity contribution in [3.63, 3.8) is 0 Å². The molecule has 0 aromatic carbocycles. The zero-order chi connectivity index (χ0) is 14.7. The molecule has 1 saturated heterocycles. The van der Waals surface area contributed by atoms with Crippen LogP contribution in [-0.2, 0) is 0 Å². The monoisotopic (exact) mass is 288 g/mol. The van der Waals surface area contributed by atoms with Crippen LogP contribution in [0.1, 0.15) is 46.0 Å². The first kappa shape index (κ1) is 14.1. The molecule has 2 N–H and O–H groups in total. The molecule has 2 aromatic heterocycles. The Morgan fingerprint density at radius 2 is 2.24 bits per heavy atom. The summed E-state index contributed by atoms with van der Waals surface area (Å²) >= 11 is 0. The van der Waals surface area contributed by atoms with E-state index >= 15 is 0 Å². The number of aromatic amines is 1. The Kier molecular flexibility index (Phi) is 4.22. The smallest absolute Gasteiger partial charge is 0.226 e. The zero-order valence-electron chi connectivity index (χ0n) is 12.9. The Labute approximate surface area is 125 Å². The summed E-state index contributed by atoms with van der Waals surface area (Å²) in [6, 6.07) is 0.507. The molecule has 114 valence electrons. The van der Waals surface area contributed by atoms with E-state index in [1.165, 1.54) is 25.7 Å². The lowest BCUT2D eigenvalue weighted by atomic mass is 10.1. The molecule has 1 unspecified atom stereocenters. The van der Waals surface area contributed by atoms with Gasteiger partial charge in [0.05, 0.1) is 6.33 Å². The van der Waals surface area contributed by atoms with E-state index in [4.69, 9.17) is 4.98 Å². The first-order chi connectivity index (χ1) is 10.3. The van der Waals surface area contributed by atoms with Gasteiger partial charge in [-0.05, 0) is 26.2 Å². The van der Waals surface area contributed by atoms with Crippen LogP contribution in [0.3, 0.4) is 0 Å². The Hall–Kier alpha value is -1.85. The molecule has 2 aromatic rings. The van der Waals surface area contributed by atoms with Gasteiger partial charge in [0.1, 0.15) is 5.52 Å². The fourth-order valence-corrected chi connectivity index (χ4v) is 2.93. The van der Waals surface area contributed by atoms with Crippen LogP contribution >= 0.6 is 0 Å². The second-order valence-electron chi connectivity index (χ2n) is 5.79. The second kappa shape index (κ2) is 6.28. The molecule has 0 radical (unpaired) electrons. The van der Waals surface area contributed by atoms with Gasteiger partial charge >= 0.3 is 0 Å². The highest BCUT2D eigenvalue weighted by atomic mass is 15.3. The van der Waals surface area contributed by atoms with Gasteiger partial charge in [0.2, 0.25) is 5.95 Å². The van der Waals surface area contributed by atoms with Gasteiger partial charge in [-0.15, -0.1) is 0 Å². The minimum atomic E-state index is 0.507. The number of hydrogen-bond acceptors (Lipinski definition) is 5. The fourth-order valence-electron chi connectivity index (χ4n) is 2.93. The van der Waals surface area contributed by atoms with E-state index in [-0.39, 0.29) is 0 Å². The maximum Gasteiger partial charge on any atom is 0.226 e. The average Bonchev–Trinajstić information content (AvgIpc) is 2.86. The molecule has 1 atom stereocenters. The van der Waals surface area contributed by atoms with Crippen LogP contribution in [0.15, 0.2) is 6.33 Å². The van der Waals surface area contributed by atoms with Crippen molar-refractivity contribution in [1.82, 2.24) is 19.9 Å². The molecular formula is C15H24N6. The first-order valence-corrected chi connectivity index (χ1v) is 8.01. The summed E-state index contributed by atoms with van der Waals surface area (Å²) in [7, 11) is 0. The van der Waals surface area contributed by atoms with E-state index < -0.39 is 0 Å². The third-order valence-electron chi connectivity index (χ3n) is 4.12. The van der Waals surface area contributed by atoms with Crippen LogP contribution in [0.4, 0.5) is 11.8 Å². The van der Waals surface area contributed by atoms with E-state index in [2.05, 4.69) is 39.0 Å². The van der Waals surface area contributed by atoms with Crippen LogP contribution in [0.5, 0.6) is 0 Å². The highest BCUT2D eigenvalue weighted by molar-refractivity contribution is 5.84. The van der Waals surface area contributed by atoms with Crippen molar-refractivity contribution < 1.29 is 0 Å². The van der Waals surface area contributed by atoms with Crippen molar-refractivity contribution in [2.75, 3.05) is 23.3 Å². The average molecular weight is 288 g/mol. The standard InChI is InChI=1S/C15H24N6/c1-3-8-16-15-19-13-12(17-10-18-13)14(20-15)21-9-6-4-5-7-11(21)2/h10-11H,3-9H2,1-2H3,(H2,16,17,18,19,20). The normalized spacial score (nSPS) is 19.7. The predicted molar refractivity (Wildman–Crippen MR) is 85.7 cm³/mol. The van der Waals surface area contributed by atoms with E-state index in [0.717, 1.165) is 36.5 Å². The van der Waals surface area contributed by atoms with Crippen molar-refractivity contribution in [2.24, 2.45) is 0 Å². The molecule has 1 aliphatic rings. The lowest BCUT2D eigenvalue weighted by molar-refractivity contribution is 0.612. The maximum absolute atomic E-state index is 4.76. The molecule has 3 heterocycles. The highest BCUT2D eigenvalue weighted by Gasteiger charge is 2.22. The molecule has 1 fully saturated rings. The third-order valence-corrected chi connectivity index (χ3v) is 4.12. The molecule has 0 amide bonds. The first-order valence-electron chi connectivity index (χ1n) is 8.01. The molecule has 6 heteroatoms. The number of nitrogens with zero attached hydrogens (tertiary/aromatic N) is 4. The summed E-state index contributed by atoms with van der Waals surface area (Å²) in [5.74, 6) is 1.67. The summed E-state index contributed by atoms with van der Waals surface area (Å²) in [5.41, 5.74) is 1.70. The Morgan fingerprint density at radius 1 is 1.33 bits per heavy atom. The lowest BCUT2D eigenvalue weighted by Crippen LogP contribution is -2.33. The van der Waals surface area contributed by atoms with Gasteiger partial charge in [0.25, 0.3) is 0 Å². The van der Waals surface area contributed by atoms with Crippen molar-refractivity contribution in [1.29, 1.82) is 0 Å². The zero-order valence-corrected chi connectivity index (χ0v) is 12.9. The van der Waals surface area contributed by atoms with Crippen LogP contribution in [0.2, 0.25) is 0 Å². The maximum atomic E-state index is 4.76. The van der Waals surface area contributed by atoms with Gasteiger partial charge in [-0.3, -0.25) is 0 Å². The number of aromatic nitrogens is 4. The number of nitrogens with one attached hydrogen (secondary N) is 2. The highest BCUT2D eigenvalue weighted by Crippen LogP contribution is 2.28. The SMILES string of the molecule is CCCNc1nc(N2CCCCCC2C)c2[nH]cnc2n1. The summed E-state index contributed by atoms with van der Waals surface area (Å²) in [6.45, 7) is 6.36. The van der Waals surface area contributed by atoms with Gasteiger partial charge < -0.3 is 15.2 Å². The van der Waals surface area contributed by atoms with Crippen LogP contribution in [-0.4, -0.2) is 39.1 Å². The Balaban J connectivity index is 2.00. The van der Waals surface area contributed by atoms with E-state index in [1.54, 1.807) is 6.33 Å². The van der Waals surface area contributed by atoms with Crippen LogP contribution in [0, 0.1) is 0 Å². The number of H-pyrrole nitrogens is 1. The van der Waals surface area contributed by atoms with Gasteiger partial charge in [-0.1, -0.05) is 19.8 Å². The van der Waals surface area contributed by atoms with E-state index in [1.807, 2.05) is 0 Å². The second-order valence-corrected chi connectivity index (χ2v) is 5.79. The van der Waals surface area contributed by atoms with Gasteiger partial charge in [-0.25, -0.2) is 4.98 Å². The number of hydrogen-bond donors (Lipinski definition) is 2.